The van der Waals surface area contributed by atoms with Crippen molar-refractivity contribution in [2.45, 2.75) is 104 Å². The van der Waals surface area contributed by atoms with Gasteiger partial charge in [0.25, 0.3) is 0 Å². The fourth-order valence-electron chi connectivity index (χ4n) is 8.67. The van der Waals surface area contributed by atoms with E-state index in [1.165, 1.54) is 13.0 Å². The molecule has 3 aliphatic carbocycles. The van der Waals surface area contributed by atoms with Gasteiger partial charge < -0.3 is 24.4 Å². The van der Waals surface area contributed by atoms with Crippen LogP contribution in [0.25, 0.3) is 0 Å². The molecule has 9 unspecified atom stereocenters. The van der Waals surface area contributed by atoms with E-state index in [1.807, 2.05) is 26.8 Å². The van der Waals surface area contributed by atoms with Crippen molar-refractivity contribution in [3.63, 3.8) is 0 Å². The highest BCUT2D eigenvalue weighted by Crippen LogP contribution is 2.69. The molecule has 8 heteroatoms. The lowest BCUT2D eigenvalue weighted by Gasteiger charge is -2.54. The summed E-state index contributed by atoms with van der Waals surface area (Å²) in [6.07, 6.45) is 6.17. The summed E-state index contributed by atoms with van der Waals surface area (Å²) < 4.78 is 17.5. The third-order valence-electron chi connectivity index (χ3n) is 10.9. The number of allylic oxidation sites excluding steroid dienone is 1. The molecule has 218 valence electrons. The zero-order chi connectivity index (χ0) is 29.4. The van der Waals surface area contributed by atoms with E-state index in [1.54, 1.807) is 19.1 Å². The molecule has 8 nitrogen and oxygen atoms in total. The maximum Gasteiger partial charge on any atom is 0.333 e. The Bertz CT molecular complexity index is 1250. The van der Waals surface area contributed by atoms with E-state index >= 15 is 0 Å². The van der Waals surface area contributed by atoms with Gasteiger partial charge in [0.05, 0.1) is 6.10 Å². The first kappa shape index (κ1) is 28.8. The van der Waals surface area contributed by atoms with Crippen LogP contribution in [-0.2, 0) is 28.6 Å². The number of cyclic esters (lactones) is 2. The molecular weight excluding hydrogens is 512 g/mol. The van der Waals surface area contributed by atoms with Crippen LogP contribution in [0, 0.1) is 28.6 Å². The SMILES string of the molecule is CC(=O)OC1CC(C(C)C2OC(=O)C(C)=CC2O)C2(C)CC(O)C3=C(CCC4C(=C3)C=CC(=O)OC4(C)C)C12C. The summed E-state index contributed by atoms with van der Waals surface area (Å²) in [6.45, 7) is 13.1. The van der Waals surface area contributed by atoms with Crippen LogP contribution in [0.5, 0.6) is 0 Å². The minimum absolute atomic E-state index is 0.0713. The smallest absolute Gasteiger partial charge is 0.333 e. The third kappa shape index (κ3) is 4.30. The van der Waals surface area contributed by atoms with Gasteiger partial charge in [-0.25, -0.2) is 9.59 Å². The lowest BCUT2D eigenvalue weighted by molar-refractivity contribution is -0.160. The molecule has 40 heavy (non-hydrogen) atoms. The van der Waals surface area contributed by atoms with Gasteiger partial charge >= 0.3 is 17.9 Å². The van der Waals surface area contributed by atoms with Crippen molar-refractivity contribution in [1.29, 1.82) is 0 Å². The Morgan fingerprint density at radius 2 is 1.85 bits per heavy atom. The van der Waals surface area contributed by atoms with Crippen LogP contribution < -0.4 is 0 Å². The number of hydrogen-bond donors (Lipinski definition) is 2. The van der Waals surface area contributed by atoms with Crippen molar-refractivity contribution in [1.82, 2.24) is 0 Å². The fraction of sp³-hybridized carbons (Fsp3) is 0.656. The number of esters is 3. The molecule has 2 heterocycles. The topological polar surface area (TPSA) is 119 Å². The second kappa shape index (κ2) is 9.69. The summed E-state index contributed by atoms with van der Waals surface area (Å²) in [4.78, 5) is 37.1. The van der Waals surface area contributed by atoms with Gasteiger partial charge in [0.2, 0.25) is 0 Å². The second-order valence-corrected chi connectivity index (χ2v) is 13.4. The molecule has 5 aliphatic rings. The molecule has 0 amide bonds. The van der Waals surface area contributed by atoms with Crippen molar-refractivity contribution in [2.75, 3.05) is 0 Å². The van der Waals surface area contributed by atoms with Gasteiger partial charge in [0.15, 0.2) is 0 Å². The van der Waals surface area contributed by atoms with E-state index in [9.17, 15) is 24.6 Å². The fourth-order valence-corrected chi connectivity index (χ4v) is 8.67. The minimum atomic E-state index is -0.940. The van der Waals surface area contributed by atoms with Crippen molar-refractivity contribution >= 4 is 17.9 Å². The number of fused-ring (bicyclic) bond motifs is 3. The molecule has 0 spiro atoms. The molecule has 2 N–H and O–H groups in total. The van der Waals surface area contributed by atoms with E-state index in [2.05, 4.69) is 13.8 Å². The molecule has 0 aromatic heterocycles. The quantitative estimate of drug-likeness (QED) is 0.395. The van der Waals surface area contributed by atoms with E-state index in [0.29, 0.717) is 31.3 Å². The number of carbonyl (C=O) groups is 3. The number of aliphatic hydroxyl groups excluding tert-OH is 2. The lowest BCUT2D eigenvalue weighted by Crippen LogP contribution is -2.53. The van der Waals surface area contributed by atoms with Gasteiger partial charge in [-0.15, -0.1) is 0 Å². The summed E-state index contributed by atoms with van der Waals surface area (Å²) >= 11 is 0. The van der Waals surface area contributed by atoms with E-state index in [4.69, 9.17) is 14.2 Å². The first-order chi connectivity index (χ1) is 18.6. The first-order valence-corrected chi connectivity index (χ1v) is 14.4. The Morgan fingerprint density at radius 3 is 2.52 bits per heavy atom. The van der Waals surface area contributed by atoms with Gasteiger partial charge in [-0.3, -0.25) is 4.79 Å². The van der Waals surface area contributed by atoms with Crippen LogP contribution >= 0.6 is 0 Å². The Balaban J connectivity index is 1.61. The maximum absolute atomic E-state index is 12.4. The molecule has 0 bridgehead atoms. The van der Waals surface area contributed by atoms with Crippen molar-refractivity contribution < 1.29 is 38.8 Å². The number of carbonyl (C=O) groups excluding carboxylic acids is 3. The molecule has 0 radical (unpaired) electrons. The average molecular weight is 555 g/mol. The van der Waals surface area contributed by atoms with Crippen molar-refractivity contribution in [3.05, 3.63) is 46.6 Å². The summed E-state index contributed by atoms with van der Waals surface area (Å²) in [5, 5.41) is 22.6. The van der Waals surface area contributed by atoms with Crippen LogP contribution in [0.4, 0.5) is 0 Å². The highest BCUT2D eigenvalue weighted by Gasteiger charge is 2.67. The normalized spacial score (nSPS) is 41.2. The average Bonchev–Trinajstić information content (AvgIpc) is 2.98. The Kier molecular flexibility index (Phi) is 6.98. The zero-order valence-corrected chi connectivity index (χ0v) is 24.5. The number of hydrogen-bond acceptors (Lipinski definition) is 8. The van der Waals surface area contributed by atoms with E-state index in [-0.39, 0.29) is 29.7 Å². The van der Waals surface area contributed by atoms with Gasteiger partial charge in [-0.1, -0.05) is 38.5 Å². The Labute approximate surface area is 236 Å². The summed E-state index contributed by atoms with van der Waals surface area (Å²) in [7, 11) is 0. The van der Waals surface area contributed by atoms with Gasteiger partial charge in [0.1, 0.15) is 23.9 Å². The molecule has 0 saturated heterocycles. The van der Waals surface area contributed by atoms with Crippen LogP contribution in [0.15, 0.2) is 46.6 Å². The third-order valence-corrected chi connectivity index (χ3v) is 10.9. The number of rotatable bonds is 3. The summed E-state index contributed by atoms with van der Waals surface area (Å²) in [6, 6.07) is 0. The molecule has 2 aliphatic heterocycles. The Hall–Kier alpha value is -2.71. The molecule has 0 aromatic rings. The monoisotopic (exact) mass is 554 g/mol. The van der Waals surface area contributed by atoms with Crippen LogP contribution in [0.3, 0.4) is 0 Å². The lowest BCUT2D eigenvalue weighted by atomic mass is 9.51. The second-order valence-electron chi connectivity index (χ2n) is 13.4. The summed E-state index contributed by atoms with van der Waals surface area (Å²) in [5.74, 6) is -1.65. The number of aliphatic hydroxyl groups is 2. The molecule has 1 saturated carbocycles. The predicted molar refractivity (Wildman–Crippen MR) is 146 cm³/mol. The highest BCUT2D eigenvalue weighted by atomic mass is 16.6. The first-order valence-electron chi connectivity index (χ1n) is 14.4. The standard InChI is InChI=1S/C32H42O8/c1-16-12-24(34)28(39-29(16)37)17(2)23-14-26(38-18(3)33)32(7)22-10-9-21-19(8-11-27(36)40-30(21,4)5)13-20(22)25(35)15-31(23,32)6/h8,11-13,17,21,23-26,28,34-35H,9-10,14-15H2,1-7H3. The molecule has 5 rings (SSSR count). The maximum atomic E-state index is 12.4. The van der Waals surface area contributed by atoms with Gasteiger partial charge in [0, 0.05) is 29.9 Å². The highest BCUT2D eigenvalue weighted by molar-refractivity contribution is 5.89. The molecule has 1 fully saturated rings. The molecular formula is C32H42O8. The van der Waals surface area contributed by atoms with Gasteiger partial charge in [-0.2, -0.15) is 0 Å². The molecule has 0 aromatic carbocycles. The van der Waals surface area contributed by atoms with Crippen LogP contribution in [-0.4, -0.2) is 58.1 Å². The van der Waals surface area contributed by atoms with E-state index < -0.39 is 46.8 Å². The number of ether oxygens (including phenoxy) is 3. The van der Waals surface area contributed by atoms with Crippen LogP contribution in [0.2, 0.25) is 0 Å². The zero-order valence-electron chi connectivity index (χ0n) is 24.5. The van der Waals surface area contributed by atoms with Crippen LogP contribution in [0.1, 0.15) is 74.1 Å². The van der Waals surface area contributed by atoms with Crippen molar-refractivity contribution in [2.24, 2.45) is 28.6 Å². The largest absolute Gasteiger partial charge is 0.462 e. The van der Waals surface area contributed by atoms with Crippen molar-refractivity contribution in [3.8, 4) is 0 Å². The summed E-state index contributed by atoms with van der Waals surface area (Å²) in [5.41, 5.74) is 1.32. The van der Waals surface area contributed by atoms with E-state index in [0.717, 1.165) is 16.7 Å². The molecule has 9 atom stereocenters. The Morgan fingerprint density at radius 1 is 1.15 bits per heavy atom. The minimum Gasteiger partial charge on any atom is -0.462 e. The van der Waals surface area contributed by atoms with Gasteiger partial charge in [-0.05, 0) is 80.9 Å². The predicted octanol–water partition coefficient (Wildman–Crippen LogP) is 4.11.